The van der Waals surface area contributed by atoms with E-state index in [2.05, 4.69) is 13.8 Å². The molecule has 0 aliphatic heterocycles. The molecule has 0 bridgehead atoms. The second kappa shape index (κ2) is 6.14. The molecule has 0 heterocycles. The fourth-order valence-electron chi connectivity index (χ4n) is 2.25. The number of hydrogen-bond donors (Lipinski definition) is 1. The van der Waals surface area contributed by atoms with Gasteiger partial charge in [0.05, 0.1) is 5.56 Å². The van der Waals surface area contributed by atoms with E-state index in [9.17, 15) is 13.9 Å². The van der Waals surface area contributed by atoms with Crippen molar-refractivity contribution < 1.29 is 13.9 Å². The summed E-state index contributed by atoms with van der Waals surface area (Å²) in [7, 11) is 0. The van der Waals surface area contributed by atoms with Crippen molar-refractivity contribution in [3.8, 4) is 0 Å². The molecule has 0 aliphatic carbocycles. The molecule has 1 N–H and O–H groups in total. The van der Waals surface area contributed by atoms with Gasteiger partial charge < -0.3 is 5.11 Å². The Morgan fingerprint density at radius 1 is 0.950 bits per heavy atom. The average molecular weight is 276 g/mol. The molecule has 0 aromatic heterocycles. The topological polar surface area (TPSA) is 20.2 Å². The van der Waals surface area contributed by atoms with Crippen LogP contribution in [0.25, 0.3) is 0 Å². The highest BCUT2D eigenvalue weighted by atomic mass is 19.1. The lowest BCUT2D eigenvalue weighted by atomic mass is 9.97. The summed E-state index contributed by atoms with van der Waals surface area (Å²) in [6.07, 6.45) is -0.353. The zero-order valence-corrected chi connectivity index (χ0v) is 11.6. The summed E-state index contributed by atoms with van der Waals surface area (Å²) in [5.41, 5.74) is 1.33. The first kappa shape index (κ1) is 14.7. The SMILES string of the molecule is CC(C)Cc1ccc(C(O)c2c(F)cccc2F)cc1. The van der Waals surface area contributed by atoms with Crippen LogP contribution >= 0.6 is 0 Å². The second-order valence-electron chi connectivity index (χ2n) is 5.38. The van der Waals surface area contributed by atoms with Crippen LogP contribution in [-0.2, 0) is 6.42 Å². The molecule has 3 heteroatoms. The van der Waals surface area contributed by atoms with Gasteiger partial charge in [-0.15, -0.1) is 0 Å². The van der Waals surface area contributed by atoms with Gasteiger partial charge in [0.1, 0.15) is 17.7 Å². The first-order valence-electron chi connectivity index (χ1n) is 6.70. The molecule has 0 saturated heterocycles. The molecule has 1 unspecified atom stereocenters. The first-order valence-corrected chi connectivity index (χ1v) is 6.70. The van der Waals surface area contributed by atoms with Gasteiger partial charge in [-0.05, 0) is 35.6 Å². The second-order valence-corrected chi connectivity index (χ2v) is 5.38. The minimum Gasteiger partial charge on any atom is -0.383 e. The summed E-state index contributed by atoms with van der Waals surface area (Å²) in [6.45, 7) is 4.25. The minimum atomic E-state index is -1.29. The Morgan fingerprint density at radius 3 is 2.00 bits per heavy atom. The van der Waals surface area contributed by atoms with Gasteiger partial charge in [0.15, 0.2) is 0 Å². The lowest BCUT2D eigenvalue weighted by Gasteiger charge is -2.14. The third-order valence-electron chi connectivity index (χ3n) is 3.21. The van der Waals surface area contributed by atoms with E-state index in [4.69, 9.17) is 0 Å². The van der Waals surface area contributed by atoms with Crippen molar-refractivity contribution in [1.29, 1.82) is 0 Å². The van der Waals surface area contributed by atoms with Crippen LogP contribution in [-0.4, -0.2) is 5.11 Å². The van der Waals surface area contributed by atoms with Crippen LogP contribution < -0.4 is 0 Å². The molecule has 0 saturated carbocycles. The Labute approximate surface area is 117 Å². The van der Waals surface area contributed by atoms with E-state index in [1.807, 2.05) is 12.1 Å². The Morgan fingerprint density at radius 2 is 1.50 bits per heavy atom. The number of rotatable bonds is 4. The van der Waals surface area contributed by atoms with E-state index in [1.54, 1.807) is 12.1 Å². The molecule has 0 amide bonds. The van der Waals surface area contributed by atoms with Crippen molar-refractivity contribution in [3.63, 3.8) is 0 Å². The van der Waals surface area contributed by atoms with E-state index in [0.29, 0.717) is 11.5 Å². The highest BCUT2D eigenvalue weighted by Crippen LogP contribution is 2.27. The standard InChI is InChI=1S/C17H18F2O/c1-11(2)10-12-6-8-13(9-7-12)17(20)16-14(18)4-3-5-15(16)19/h3-9,11,17,20H,10H2,1-2H3. The smallest absolute Gasteiger partial charge is 0.132 e. The number of benzene rings is 2. The van der Waals surface area contributed by atoms with Gasteiger partial charge in [-0.25, -0.2) is 8.78 Å². The van der Waals surface area contributed by atoms with Crippen LogP contribution in [0.4, 0.5) is 8.78 Å². The lowest BCUT2D eigenvalue weighted by Crippen LogP contribution is -2.06. The van der Waals surface area contributed by atoms with Gasteiger partial charge in [-0.2, -0.15) is 0 Å². The maximum Gasteiger partial charge on any atom is 0.132 e. The quantitative estimate of drug-likeness (QED) is 0.885. The van der Waals surface area contributed by atoms with Crippen LogP contribution in [0.15, 0.2) is 42.5 Å². The molecule has 0 radical (unpaired) electrons. The fraction of sp³-hybridized carbons (Fsp3) is 0.294. The zero-order valence-electron chi connectivity index (χ0n) is 11.6. The lowest BCUT2D eigenvalue weighted by molar-refractivity contribution is 0.209. The van der Waals surface area contributed by atoms with E-state index in [0.717, 1.165) is 24.1 Å². The van der Waals surface area contributed by atoms with Gasteiger partial charge in [0.25, 0.3) is 0 Å². The monoisotopic (exact) mass is 276 g/mol. The van der Waals surface area contributed by atoms with Crippen molar-refractivity contribution in [1.82, 2.24) is 0 Å². The van der Waals surface area contributed by atoms with E-state index < -0.39 is 17.7 Å². The van der Waals surface area contributed by atoms with Gasteiger partial charge in [-0.3, -0.25) is 0 Å². The van der Waals surface area contributed by atoms with Gasteiger partial charge in [0.2, 0.25) is 0 Å². The molecule has 2 rings (SSSR count). The summed E-state index contributed by atoms with van der Waals surface area (Å²) in [6, 6.07) is 10.8. The summed E-state index contributed by atoms with van der Waals surface area (Å²) in [5.74, 6) is -0.928. The third-order valence-corrected chi connectivity index (χ3v) is 3.21. The Kier molecular flexibility index (Phi) is 4.50. The number of halogens is 2. The maximum absolute atomic E-state index is 13.6. The Bertz CT molecular complexity index is 556. The summed E-state index contributed by atoms with van der Waals surface area (Å²) < 4.78 is 27.3. The van der Waals surface area contributed by atoms with E-state index >= 15 is 0 Å². The van der Waals surface area contributed by atoms with Crippen LogP contribution in [0.5, 0.6) is 0 Å². The normalized spacial score (nSPS) is 12.7. The number of hydrogen-bond acceptors (Lipinski definition) is 1. The Balaban J connectivity index is 2.27. The molecule has 20 heavy (non-hydrogen) atoms. The summed E-state index contributed by atoms with van der Waals surface area (Å²) in [5, 5.41) is 10.1. The van der Waals surface area contributed by atoms with E-state index in [1.165, 1.54) is 6.07 Å². The molecular formula is C17H18F2O. The van der Waals surface area contributed by atoms with Crippen LogP contribution in [0.3, 0.4) is 0 Å². The largest absolute Gasteiger partial charge is 0.383 e. The van der Waals surface area contributed by atoms with Crippen LogP contribution in [0, 0.1) is 17.6 Å². The van der Waals surface area contributed by atoms with Crippen molar-refractivity contribution >= 4 is 0 Å². The predicted octanol–water partition coefficient (Wildman–Crippen LogP) is 4.25. The molecule has 2 aromatic carbocycles. The minimum absolute atomic E-state index is 0.302. The van der Waals surface area contributed by atoms with Gasteiger partial charge in [0, 0.05) is 0 Å². The van der Waals surface area contributed by atoms with Crippen LogP contribution in [0.2, 0.25) is 0 Å². The molecular weight excluding hydrogens is 258 g/mol. The zero-order chi connectivity index (χ0) is 14.7. The molecule has 1 nitrogen and oxygen atoms in total. The molecule has 106 valence electrons. The van der Waals surface area contributed by atoms with Crippen molar-refractivity contribution in [2.24, 2.45) is 5.92 Å². The van der Waals surface area contributed by atoms with Crippen LogP contribution in [0.1, 0.15) is 36.6 Å². The third kappa shape index (κ3) is 3.23. The summed E-state index contributed by atoms with van der Waals surface area (Å²) >= 11 is 0. The Hall–Kier alpha value is -1.74. The number of aliphatic hydroxyl groups excluding tert-OH is 1. The van der Waals surface area contributed by atoms with Gasteiger partial charge in [-0.1, -0.05) is 44.2 Å². The van der Waals surface area contributed by atoms with Crippen molar-refractivity contribution in [3.05, 3.63) is 70.8 Å². The van der Waals surface area contributed by atoms with Gasteiger partial charge >= 0.3 is 0 Å². The first-order chi connectivity index (χ1) is 9.49. The van der Waals surface area contributed by atoms with Crippen molar-refractivity contribution in [2.45, 2.75) is 26.4 Å². The maximum atomic E-state index is 13.6. The highest BCUT2D eigenvalue weighted by Gasteiger charge is 2.19. The molecule has 2 aromatic rings. The molecule has 1 atom stereocenters. The molecule has 0 spiro atoms. The van der Waals surface area contributed by atoms with Crippen molar-refractivity contribution in [2.75, 3.05) is 0 Å². The number of aliphatic hydroxyl groups is 1. The fourth-order valence-corrected chi connectivity index (χ4v) is 2.25. The molecule has 0 aliphatic rings. The predicted molar refractivity (Wildman–Crippen MR) is 75.4 cm³/mol. The molecule has 0 fully saturated rings. The summed E-state index contributed by atoms with van der Waals surface area (Å²) in [4.78, 5) is 0. The average Bonchev–Trinajstić information content (AvgIpc) is 2.38. The highest BCUT2D eigenvalue weighted by molar-refractivity contribution is 5.33. The van der Waals surface area contributed by atoms with E-state index in [-0.39, 0.29) is 5.56 Å².